The van der Waals surface area contributed by atoms with Crippen LogP contribution in [0, 0.1) is 0 Å². The monoisotopic (exact) mass is 289 g/mol. The molecule has 2 heterocycles. The van der Waals surface area contributed by atoms with Crippen LogP contribution in [0.1, 0.15) is 24.2 Å². The van der Waals surface area contributed by atoms with Gasteiger partial charge in [-0.05, 0) is 13.0 Å². The number of nitrogens with two attached hydrogens (primary N) is 1. The second-order valence-electron chi connectivity index (χ2n) is 4.76. The number of fused-ring (bicyclic) bond motifs is 1. The van der Waals surface area contributed by atoms with Crippen LogP contribution in [0.15, 0.2) is 24.4 Å². The maximum Gasteiger partial charge on any atom is 0.166 e. The minimum atomic E-state index is -0.390. The van der Waals surface area contributed by atoms with Crippen molar-refractivity contribution >= 4 is 0 Å². The molecule has 1 unspecified atom stereocenters. The van der Waals surface area contributed by atoms with Crippen LogP contribution in [0.5, 0.6) is 17.2 Å². The molecular formula is C15H19N3O3. The molecule has 1 atom stereocenters. The number of para-hydroxylation sites is 1. The first kappa shape index (κ1) is 13.8. The fourth-order valence-electron chi connectivity index (χ4n) is 2.59. The first-order valence-corrected chi connectivity index (χ1v) is 7.00. The maximum absolute atomic E-state index is 6.46. The van der Waals surface area contributed by atoms with E-state index in [9.17, 15) is 0 Å². The van der Waals surface area contributed by atoms with Crippen LogP contribution in [-0.4, -0.2) is 30.1 Å². The summed E-state index contributed by atoms with van der Waals surface area (Å²) in [6, 6.07) is 5.37. The summed E-state index contributed by atoms with van der Waals surface area (Å²) >= 11 is 0. The van der Waals surface area contributed by atoms with E-state index in [1.165, 1.54) is 0 Å². The van der Waals surface area contributed by atoms with E-state index in [1.807, 2.05) is 29.8 Å². The minimum absolute atomic E-state index is 0.390. The van der Waals surface area contributed by atoms with Crippen LogP contribution in [-0.2, 0) is 6.54 Å². The van der Waals surface area contributed by atoms with Gasteiger partial charge in [0.2, 0.25) is 0 Å². The van der Waals surface area contributed by atoms with Gasteiger partial charge in [-0.1, -0.05) is 12.1 Å². The van der Waals surface area contributed by atoms with Gasteiger partial charge in [-0.2, -0.15) is 5.10 Å². The topological polar surface area (TPSA) is 71.5 Å². The Hall–Kier alpha value is -2.21. The van der Waals surface area contributed by atoms with Crippen molar-refractivity contribution in [2.75, 3.05) is 20.3 Å². The van der Waals surface area contributed by atoms with Gasteiger partial charge in [0.1, 0.15) is 18.9 Å². The smallest absolute Gasteiger partial charge is 0.166 e. The van der Waals surface area contributed by atoms with Crippen molar-refractivity contribution in [2.24, 2.45) is 5.73 Å². The molecule has 0 aliphatic carbocycles. The molecule has 0 saturated heterocycles. The van der Waals surface area contributed by atoms with E-state index in [-0.39, 0.29) is 6.04 Å². The van der Waals surface area contributed by atoms with Crippen molar-refractivity contribution in [2.45, 2.75) is 19.5 Å². The zero-order chi connectivity index (χ0) is 14.8. The van der Waals surface area contributed by atoms with Gasteiger partial charge >= 0.3 is 0 Å². The molecule has 3 rings (SSSR count). The molecule has 2 N–H and O–H groups in total. The number of benzene rings is 1. The molecule has 0 amide bonds. The lowest BCUT2D eigenvalue weighted by atomic mass is 10.0. The fourth-order valence-corrected chi connectivity index (χ4v) is 2.59. The third kappa shape index (κ3) is 2.31. The number of hydrogen-bond acceptors (Lipinski definition) is 5. The van der Waals surface area contributed by atoms with E-state index in [0.717, 1.165) is 23.6 Å². The summed E-state index contributed by atoms with van der Waals surface area (Å²) in [5, 5.41) is 4.30. The number of hydrogen-bond donors (Lipinski definition) is 1. The molecule has 1 aliphatic heterocycles. The minimum Gasteiger partial charge on any atom is -0.493 e. The van der Waals surface area contributed by atoms with Crippen LogP contribution in [0.3, 0.4) is 0 Å². The number of ether oxygens (including phenoxy) is 3. The fraction of sp³-hybridized carbons (Fsp3) is 0.400. The highest BCUT2D eigenvalue weighted by Gasteiger charge is 2.25. The highest BCUT2D eigenvalue weighted by molar-refractivity contribution is 5.51. The Morgan fingerprint density at radius 3 is 2.95 bits per heavy atom. The van der Waals surface area contributed by atoms with Crippen molar-refractivity contribution in [3.63, 3.8) is 0 Å². The van der Waals surface area contributed by atoms with Gasteiger partial charge in [-0.25, -0.2) is 0 Å². The number of methoxy groups -OCH3 is 1. The Morgan fingerprint density at radius 1 is 1.38 bits per heavy atom. The maximum atomic E-state index is 6.46. The molecule has 1 aromatic heterocycles. The summed E-state index contributed by atoms with van der Waals surface area (Å²) < 4.78 is 18.6. The van der Waals surface area contributed by atoms with Crippen LogP contribution in [0.4, 0.5) is 0 Å². The first-order chi connectivity index (χ1) is 10.3. The molecule has 0 radical (unpaired) electrons. The third-order valence-corrected chi connectivity index (χ3v) is 3.59. The molecule has 0 fully saturated rings. The quantitative estimate of drug-likeness (QED) is 0.928. The van der Waals surface area contributed by atoms with Crippen molar-refractivity contribution in [1.82, 2.24) is 9.78 Å². The van der Waals surface area contributed by atoms with Gasteiger partial charge < -0.3 is 19.9 Å². The third-order valence-electron chi connectivity index (χ3n) is 3.59. The van der Waals surface area contributed by atoms with Crippen molar-refractivity contribution < 1.29 is 14.2 Å². The molecule has 1 aliphatic rings. The van der Waals surface area contributed by atoms with Gasteiger partial charge in [0.05, 0.1) is 19.3 Å². The molecule has 1 aromatic carbocycles. The van der Waals surface area contributed by atoms with E-state index in [2.05, 4.69) is 5.10 Å². The molecule has 6 heteroatoms. The van der Waals surface area contributed by atoms with Crippen LogP contribution < -0.4 is 19.9 Å². The highest BCUT2D eigenvalue weighted by Crippen LogP contribution is 2.39. The van der Waals surface area contributed by atoms with E-state index in [1.54, 1.807) is 13.3 Å². The molecule has 0 saturated carbocycles. The molecule has 21 heavy (non-hydrogen) atoms. The van der Waals surface area contributed by atoms with Crippen LogP contribution in [0.25, 0.3) is 0 Å². The van der Waals surface area contributed by atoms with Gasteiger partial charge in [-0.15, -0.1) is 0 Å². The Bertz CT molecular complexity index is 618. The van der Waals surface area contributed by atoms with Gasteiger partial charge in [0.25, 0.3) is 0 Å². The molecule has 2 aromatic rings. The van der Waals surface area contributed by atoms with Gasteiger partial charge in [0, 0.05) is 12.1 Å². The lowest BCUT2D eigenvalue weighted by molar-refractivity contribution is 0.169. The van der Waals surface area contributed by atoms with Crippen LogP contribution >= 0.6 is 0 Å². The second-order valence-corrected chi connectivity index (χ2v) is 4.76. The Morgan fingerprint density at radius 2 is 2.19 bits per heavy atom. The zero-order valence-electron chi connectivity index (χ0n) is 12.2. The Kier molecular flexibility index (Phi) is 3.70. The zero-order valence-corrected chi connectivity index (χ0v) is 12.2. The van der Waals surface area contributed by atoms with Crippen molar-refractivity contribution in [1.29, 1.82) is 0 Å². The first-order valence-electron chi connectivity index (χ1n) is 7.00. The second kappa shape index (κ2) is 5.65. The van der Waals surface area contributed by atoms with Gasteiger partial charge in [-0.3, -0.25) is 4.68 Å². The number of aryl methyl sites for hydroxylation is 1. The number of rotatable bonds is 4. The number of aromatic nitrogens is 2. The van der Waals surface area contributed by atoms with E-state index in [4.69, 9.17) is 19.9 Å². The molecule has 0 spiro atoms. The summed E-state index contributed by atoms with van der Waals surface area (Å²) in [5.74, 6) is 2.12. The lowest BCUT2D eigenvalue weighted by Gasteiger charge is -2.24. The van der Waals surface area contributed by atoms with Gasteiger partial charge in [0.15, 0.2) is 17.2 Å². The molecule has 112 valence electrons. The largest absolute Gasteiger partial charge is 0.493 e. The Balaban J connectivity index is 2.07. The average molecular weight is 289 g/mol. The normalized spacial score (nSPS) is 14.8. The summed E-state index contributed by atoms with van der Waals surface area (Å²) in [6.45, 7) is 3.82. The molecule has 0 bridgehead atoms. The molecular weight excluding hydrogens is 270 g/mol. The lowest BCUT2D eigenvalue weighted by Crippen LogP contribution is -2.22. The van der Waals surface area contributed by atoms with Crippen molar-refractivity contribution in [3.8, 4) is 17.2 Å². The van der Waals surface area contributed by atoms with E-state index in [0.29, 0.717) is 24.7 Å². The van der Waals surface area contributed by atoms with Crippen LogP contribution in [0.2, 0.25) is 0 Å². The highest BCUT2D eigenvalue weighted by atomic mass is 16.6. The van der Waals surface area contributed by atoms with E-state index < -0.39 is 0 Å². The predicted molar refractivity (Wildman–Crippen MR) is 77.9 cm³/mol. The summed E-state index contributed by atoms with van der Waals surface area (Å²) in [6.07, 6.45) is 1.69. The SMILES string of the molecule is CCn1ncc(OC)c1C(N)c1cccc2c1OCCO2. The summed E-state index contributed by atoms with van der Waals surface area (Å²) in [4.78, 5) is 0. The Labute approximate surface area is 123 Å². The summed E-state index contributed by atoms with van der Waals surface area (Å²) in [7, 11) is 1.62. The number of nitrogens with zero attached hydrogens (tertiary/aromatic N) is 2. The standard InChI is InChI=1S/C15H19N3O3/c1-3-18-14(12(19-2)9-17-18)13(16)10-5-4-6-11-15(10)21-8-7-20-11/h4-6,9,13H,3,7-8,16H2,1-2H3. The summed E-state index contributed by atoms with van der Waals surface area (Å²) in [5.41, 5.74) is 8.17. The average Bonchev–Trinajstić information content (AvgIpc) is 2.96. The van der Waals surface area contributed by atoms with Crippen molar-refractivity contribution in [3.05, 3.63) is 35.7 Å². The predicted octanol–water partition coefficient (Wildman–Crippen LogP) is 1.73. The van der Waals surface area contributed by atoms with E-state index >= 15 is 0 Å². The molecule has 6 nitrogen and oxygen atoms in total.